The molecule has 1 amide bonds. The number of carbonyl (C=O) groups is 1. The number of nitrogens with one attached hydrogen (secondary N) is 1. The minimum Gasteiger partial charge on any atom is -0.493 e. The number of pyridine rings is 1. The van der Waals surface area contributed by atoms with Crippen LogP contribution in [0.2, 0.25) is 0 Å². The lowest BCUT2D eigenvalue weighted by molar-refractivity contribution is 0.0955. The van der Waals surface area contributed by atoms with Gasteiger partial charge in [0.1, 0.15) is 5.69 Å². The molecule has 0 atom stereocenters. The molecule has 1 N–H and O–H groups in total. The minimum absolute atomic E-state index is 0.0624. The van der Waals surface area contributed by atoms with Crippen molar-refractivity contribution in [3.8, 4) is 17.4 Å². The third-order valence-corrected chi connectivity index (χ3v) is 5.88. The number of anilines is 2. The fourth-order valence-corrected chi connectivity index (χ4v) is 4.19. The Labute approximate surface area is 179 Å². The molecular weight excluding hydrogens is 400 g/mol. The van der Waals surface area contributed by atoms with Crippen LogP contribution in [0.5, 0.6) is 17.4 Å². The lowest BCUT2D eigenvalue weighted by atomic mass is 10.1. The highest BCUT2D eigenvalue weighted by atomic mass is 32.1. The number of para-hydroxylation sites is 1. The monoisotopic (exact) mass is 424 g/mol. The summed E-state index contributed by atoms with van der Waals surface area (Å²) in [6.07, 6.45) is 1.70. The van der Waals surface area contributed by atoms with Crippen molar-refractivity contribution in [3.05, 3.63) is 59.1 Å². The maximum Gasteiger partial charge on any atom is 0.261 e. The molecule has 1 aliphatic heterocycles. The Morgan fingerprint density at radius 3 is 2.93 bits per heavy atom. The zero-order valence-electron chi connectivity index (χ0n) is 17.2. The van der Waals surface area contributed by atoms with Crippen molar-refractivity contribution in [1.82, 2.24) is 15.2 Å². The van der Waals surface area contributed by atoms with Gasteiger partial charge in [-0.25, -0.2) is 4.98 Å². The largest absolute Gasteiger partial charge is 0.493 e. The van der Waals surface area contributed by atoms with Gasteiger partial charge in [0.05, 0.1) is 23.5 Å². The Morgan fingerprint density at radius 1 is 1.27 bits per heavy atom. The lowest BCUT2D eigenvalue weighted by Crippen LogP contribution is -2.30. The normalized spacial score (nSPS) is 12.6. The molecule has 8 heteroatoms. The fourth-order valence-electron chi connectivity index (χ4n) is 3.25. The van der Waals surface area contributed by atoms with E-state index in [2.05, 4.69) is 15.2 Å². The quantitative estimate of drug-likeness (QED) is 0.648. The highest BCUT2D eigenvalue weighted by molar-refractivity contribution is 7.18. The molecule has 0 saturated heterocycles. The van der Waals surface area contributed by atoms with Crippen molar-refractivity contribution in [2.75, 3.05) is 39.2 Å². The van der Waals surface area contributed by atoms with E-state index in [9.17, 15) is 4.79 Å². The van der Waals surface area contributed by atoms with Crippen molar-refractivity contribution in [1.29, 1.82) is 0 Å². The van der Waals surface area contributed by atoms with Gasteiger partial charge in [0, 0.05) is 24.8 Å². The number of ether oxygens (including phenoxy) is 2. The second-order valence-electron chi connectivity index (χ2n) is 7.16. The van der Waals surface area contributed by atoms with E-state index in [1.807, 2.05) is 61.5 Å². The third-order valence-electron chi connectivity index (χ3n) is 4.78. The van der Waals surface area contributed by atoms with Crippen LogP contribution in [0.25, 0.3) is 0 Å². The van der Waals surface area contributed by atoms with Gasteiger partial charge in [-0.3, -0.25) is 4.79 Å². The summed E-state index contributed by atoms with van der Waals surface area (Å²) in [5, 5.41) is 3.91. The van der Waals surface area contributed by atoms with Gasteiger partial charge < -0.3 is 24.6 Å². The molecule has 3 heterocycles. The number of carbonyl (C=O) groups excluding carboxylic acids is 1. The molecule has 0 spiro atoms. The van der Waals surface area contributed by atoms with Gasteiger partial charge in [0.25, 0.3) is 5.91 Å². The fraction of sp³-hybridized carbons (Fsp3) is 0.273. The molecule has 0 unspecified atom stereocenters. The number of fused-ring (bicyclic) bond motifs is 2. The molecule has 0 fully saturated rings. The van der Waals surface area contributed by atoms with Crippen LogP contribution in [0.15, 0.2) is 48.7 Å². The topological polar surface area (TPSA) is 66.9 Å². The summed E-state index contributed by atoms with van der Waals surface area (Å²) in [5.74, 6) is 1.78. The number of aromatic nitrogens is 1. The van der Waals surface area contributed by atoms with Crippen LogP contribution in [0.4, 0.5) is 10.7 Å². The Hall–Kier alpha value is -3.10. The lowest BCUT2D eigenvalue weighted by Gasteiger charge is -2.21. The second-order valence-corrected chi connectivity index (χ2v) is 8.22. The first-order valence-electron chi connectivity index (χ1n) is 9.66. The van der Waals surface area contributed by atoms with Gasteiger partial charge >= 0.3 is 0 Å². The molecular formula is C22H24N4O3S. The van der Waals surface area contributed by atoms with Gasteiger partial charge in [-0.05, 0) is 44.4 Å². The first kappa shape index (κ1) is 20.2. The van der Waals surface area contributed by atoms with Crippen LogP contribution in [0, 0.1) is 0 Å². The van der Waals surface area contributed by atoms with Gasteiger partial charge in [0.2, 0.25) is 5.88 Å². The third kappa shape index (κ3) is 4.10. The van der Waals surface area contributed by atoms with Crippen molar-refractivity contribution in [2.45, 2.75) is 6.54 Å². The first-order valence-corrected chi connectivity index (χ1v) is 10.5. The average Bonchev–Trinajstić information content (AvgIpc) is 3.16. The predicted molar refractivity (Wildman–Crippen MR) is 118 cm³/mol. The van der Waals surface area contributed by atoms with Gasteiger partial charge in [-0.2, -0.15) is 0 Å². The number of thiophene rings is 1. The summed E-state index contributed by atoms with van der Waals surface area (Å²) < 4.78 is 11.6. The number of nitrogens with zero attached hydrogens (tertiary/aromatic N) is 3. The smallest absolute Gasteiger partial charge is 0.261 e. The SMILES string of the molecule is COc1cccc2c1Oc1ncccc1N(c1ccc(C(=O)NCCN(C)C)s1)C2. The molecule has 0 bridgehead atoms. The second kappa shape index (κ2) is 8.73. The van der Waals surface area contributed by atoms with Crippen LogP contribution < -0.4 is 19.7 Å². The summed E-state index contributed by atoms with van der Waals surface area (Å²) in [6, 6.07) is 13.5. The summed E-state index contributed by atoms with van der Waals surface area (Å²) in [7, 11) is 5.59. The maximum absolute atomic E-state index is 12.5. The highest BCUT2D eigenvalue weighted by Crippen LogP contribution is 2.45. The summed E-state index contributed by atoms with van der Waals surface area (Å²) in [5.41, 5.74) is 1.83. The van der Waals surface area contributed by atoms with Crippen molar-refractivity contribution >= 4 is 27.9 Å². The highest BCUT2D eigenvalue weighted by Gasteiger charge is 2.26. The van der Waals surface area contributed by atoms with E-state index in [0.29, 0.717) is 35.3 Å². The molecule has 3 aromatic rings. The summed E-state index contributed by atoms with van der Waals surface area (Å²) >= 11 is 1.45. The first-order chi connectivity index (χ1) is 14.6. The average molecular weight is 425 g/mol. The number of likely N-dealkylation sites (N-methyl/N-ethyl adjacent to an activating group) is 1. The molecule has 2 aromatic heterocycles. The maximum atomic E-state index is 12.5. The van der Waals surface area contributed by atoms with E-state index in [0.717, 1.165) is 22.8 Å². The number of amides is 1. The van der Waals surface area contributed by atoms with Crippen LogP contribution >= 0.6 is 11.3 Å². The zero-order chi connectivity index (χ0) is 21.1. The number of benzene rings is 1. The predicted octanol–water partition coefficient (Wildman–Crippen LogP) is 3.89. The molecule has 1 aliphatic rings. The minimum atomic E-state index is -0.0624. The zero-order valence-corrected chi connectivity index (χ0v) is 18.0. The van der Waals surface area contributed by atoms with Crippen LogP contribution in [-0.2, 0) is 6.54 Å². The van der Waals surface area contributed by atoms with E-state index in [-0.39, 0.29) is 5.91 Å². The molecule has 1 aromatic carbocycles. The molecule has 30 heavy (non-hydrogen) atoms. The molecule has 0 radical (unpaired) electrons. The molecule has 156 valence electrons. The molecule has 0 aliphatic carbocycles. The van der Waals surface area contributed by atoms with E-state index in [1.54, 1.807) is 13.3 Å². The van der Waals surface area contributed by atoms with Gasteiger partial charge in [0.15, 0.2) is 11.5 Å². The number of rotatable bonds is 6. The van der Waals surface area contributed by atoms with Gasteiger partial charge in [-0.1, -0.05) is 12.1 Å². The molecule has 0 saturated carbocycles. The Morgan fingerprint density at radius 2 is 2.13 bits per heavy atom. The van der Waals surface area contributed by atoms with Crippen molar-refractivity contribution < 1.29 is 14.3 Å². The number of methoxy groups -OCH3 is 1. The summed E-state index contributed by atoms with van der Waals surface area (Å²) in [6.45, 7) is 1.98. The van der Waals surface area contributed by atoms with Crippen molar-refractivity contribution in [2.24, 2.45) is 0 Å². The van der Waals surface area contributed by atoms with E-state index in [4.69, 9.17) is 9.47 Å². The Kier molecular flexibility index (Phi) is 5.87. The van der Waals surface area contributed by atoms with E-state index >= 15 is 0 Å². The number of hydrogen-bond acceptors (Lipinski definition) is 7. The van der Waals surface area contributed by atoms with Crippen molar-refractivity contribution in [3.63, 3.8) is 0 Å². The van der Waals surface area contributed by atoms with Crippen LogP contribution in [-0.4, -0.2) is 50.1 Å². The van der Waals surface area contributed by atoms with E-state index in [1.165, 1.54) is 11.3 Å². The molecule has 4 rings (SSSR count). The standard InChI is InChI=1S/C22H24N4O3S/c1-25(2)13-12-23-21(27)18-9-10-19(30-18)26-14-15-6-4-8-17(28-3)20(15)29-22-16(26)7-5-11-24-22/h4-11H,12-14H2,1-3H3,(H,23,27). The number of hydrogen-bond donors (Lipinski definition) is 1. The Balaban J connectivity index is 1.65. The van der Waals surface area contributed by atoms with Crippen LogP contribution in [0.1, 0.15) is 15.2 Å². The van der Waals surface area contributed by atoms with E-state index < -0.39 is 0 Å². The van der Waals surface area contributed by atoms with Crippen LogP contribution in [0.3, 0.4) is 0 Å². The molecule has 7 nitrogen and oxygen atoms in total. The van der Waals surface area contributed by atoms with Gasteiger partial charge in [-0.15, -0.1) is 11.3 Å². The summed E-state index contributed by atoms with van der Waals surface area (Å²) in [4.78, 5) is 21.8. The Bertz CT molecular complexity index is 1050.